The largest absolute Gasteiger partial charge is 0.396 e. The Bertz CT molecular complexity index is 1310. The number of aliphatic hydroxyl groups excluding tert-OH is 1. The molecule has 0 unspecified atom stereocenters. The molecule has 0 bridgehead atoms. The lowest BCUT2D eigenvalue weighted by atomic mass is 10.1. The van der Waals surface area contributed by atoms with E-state index in [1.807, 2.05) is 25.1 Å². The Morgan fingerprint density at radius 2 is 1.86 bits per heavy atom. The lowest BCUT2D eigenvalue weighted by Crippen LogP contribution is -2.24. The predicted octanol–water partition coefficient (Wildman–Crippen LogP) is 2.62. The summed E-state index contributed by atoms with van der Waals surface area (Å²) < 4.78 is 1.58. The summed E-state index contributed by atoms with van der Waals surface area (Å²) in [5, 5.41) is 10.8. The quantitative estimate of drug-likeness (QED) is 0.376. The Hall–Kier alpha value is -2.97. The van der Waals surface area contributed by atoms with Crippen LogP contribution in [0.2, 0.25) is 0 Å². The summed E-state index contributed by atoms with van der Waals surface area (Å²) in [6.45, 7) is 2.28. The van der Waals surface area contributed by atoms with E-state index in [2.05, 4.69) is 15.0 Å². The lowest BCUT2D eigenvalue weighted by molar-refractivity contribution is 0.276. The van der Waals surface area contributed by atoms with Crippen LogP contribution >= 0.6 is 11.8 Å². The zero-order chi connectivity index (χ0) is 20.4. The van der Waals surface area contributed by atoms with Crippen molar-refractivity contribution in [2.45, 2.75) is 30.8 Å². The fourth-order valence-electron chi connectivity index (χ4n) is 3.24. The zero-order valence-corrected chi connectivity index (χ0v) is 16.7. The first-order valence-electron chi connectivity index (χ1n) is 9.30. The minimum absolute atomic E-state index is 0.0117. The fourth-order valence-corrected chi connectivity index (χ4v) is 4.13. The van der Waals surface area contributed by atoms with Gasteiger partial charge in [-0.3, -0.25) is 14.2 Å². The van der Waals surface area contributed by atoms with Crippen LogP contribution in [-0.4, -0.2) is 31.2 Å². The smallest absolute Gasteiger partial charge is 0.262 e. The molecular weight excluding hydrogens is 388 g/mol. The third-order valence-electron chi connectivity index (χ3n) is 4.69. The number of aliphatic hydroxyl groups is 1. The number of hydrogen-bond donors (Lipinski definition) is 2. The van der Waals surface area contributed by atoms with Gasteiger partial charge in [-0.1, -0.05) is 36.0 Å². The number of nitrogens with one attached hydrogen (secondary N) is 1. The number of aromatic nitrogens is 4. The van der Waals surface area contributed by atoms with Gasteiger partial charge in [0.2, 0.25) is 0 Å². The van der Waals surface area contributed by atoms with Crippen molar-refractivity contribution in [1.29, 1.82) is 0 Å². The number of benzene rings is 2. The number of rotatable bonds is 6. The molecule has 0 aliphatic carbocycles. The van der Waals surface area contributed by atoms with E-state index in [9.17, 15) is 14.7 Å². The molecule has 0 radical (unpaired) electrons. The first-order chi connectivity index (χ1) is 14.1. The Labute approximate surface area is 170 Å². The molecule has 4 rings (SSSR count). The number of para-hydroxylation sites is 2. The van der Waals surface area contributed by atoms with Crippen LogP contribution in [0.15, 0.2) is 57.2 Å². The molecule has 7 nitrogen and oxygen atoms in total. The number of nitrogens with zero attached hydrogens (tertiary/aromatic N) is 3. The van der Waals surface area contributed by atoms with E-state index in [1.165, 1.54) is 11.8 Å². The van der Waals surface area contributed by atoms with Gasteiger partial charge in [-0.05, 0) is 37.1 Å². The maximum Gasteiger partial charge on any atom is 0.262 e. The highest BCUT2D eigenvalue weighted by Gasteiger charge is 2.13. The maximum atomic E-state index is 12.9. The SMILES string of the molecule is Cc1cccc2c(=O)[nH]c(CSc3nc4ccccc4c(=O)n3CCCO)nc12. The molecule has 2 N–H and O–H groups in total. The van der Waals surface area contributed by atoms with Crippen LogP contribution in [0.4, 0.5) is 0 Å². The van der Waals surface area contributed by atoms with Gasteiger partial charge < -0.3 is 10.1 Å². The van der Waals surface area contributed by atoms with Gasteiger partial charge in [0.15, 0.2) is 5.16 Å². The molecule has 29 heavy (non-hydrogen) atoms. The minimum Gasteiger partial charge on any atom is -0.396 e. The van der Waals surface area contributed by atoms with Crippen LogP contribution < -0.4 is 11.1 Å². The molecule has 0 saturated heterocycles. The molecule has 0 aliphatic rings. The normalized spacial score (nSPS) is 11.4. The Balaban J connectivity index is 1.72. The molecule has 0 aliphatic heterocycles. The molecule has 2 aromatic heterocycles. The summed E-state index contributed by atoms with van der Waals surface area (Å²) in [6, 6.07) is 12.7. The number of fused-ring (bicyclic) bond motifs is 2. The molecular formula is C21H20N4O3S. The first kappa shape index (κ1) is 19.4. The van der Waals surface area contributed by atoms with Gasteiger partial charge in [0, 0.05) is 13.2 Å². The van der Waals surface area contributed by atoms with Crippen molar-refractivity contribution in [3.63, 3.8) is 0 Å². The van der Waals surface area contributed by atoms with Gasteiger partial charge in [-0.25, -0.2) is 9.97 Å². The second-order valence-electron chi connectivity index (χ2n) is 6.72. The molecule has 8 heteroatoms. The molecule has 0 fully saturated rings. The van der Waals surface area contributed by atoms with Gasteiger partial charge in [-0.15, -0.1) is 0 Å². The highest BCUT2D eigenvalue weighted by Crippen LogP contribution is 2.22. The Morgan fingerprint density at radius 3 is 2.69 bits per heavy atom. The van der Waals surface area contributed by atoms with E-state index in [1.54, 1.807) is 28.8 Å². The van der Waals surface area contributed by atoms with Crippen LogP contribution in [0.5, 0.6) is 0 Å². The summed E-state index contributed by atoms with van der Waals surface area (Å²) in [6.07, 6.45) is 0.456. The third kappa shape index (κ3) is 3.81. The maximum absolute atomic E-state index is 12.9. The summed E-state index contributed by atoms with van der Waals surface area (Å²) in [7, 11) is 0. The summed E-state index contributed by atoms with van der Waals surface area (Å²) in [5.41, 5.74) is 1.91. The van der Waals surface area contributed by atoms with Crippen molar-refractivity contribution >= 4 is 33.6 Å². The van der Waals surface area contributed by atoms with Crippen molar-refractivity contribution < 1.29 is 5.11 Å². The second-order valence-corrected chi connectivity index (χ2v) is 7.66. The highest BCUT2D eigenvalue weighted by atomic mass is 32.2. The van der Waals surface area contributed by atoms with E-state index in [-0.39, 0.29) is 17.7 Å². The van der Waals surface area contributed by atoms with Crippen molar-refractivity contribution in [1.82, 2.24) is 19.5 Å². The van der Waals surface area contributed by atoms with Crippen LogP contribution in [-0.2, 0) is 12.3 Å². The average Bonchev–Trinajstić information content (AvgIpc) is 2.72. The van der Waals surface area contributed by atoms with E-state index in [0.717, 1.165) is 5.56 Å². The van der Waals surface area contributed by atoms with E-state index in [0.29, 0.717) is 51.5 Å². The monoisotopic (exact) mass is 408 g/mol. The van der Waals surface area contributed by atoms with Crippen LogP contribution in [0.1, 0.15) is 17.8 Å². The molecule has 0 spiro atoms. The minimum atomic E-state index is -0.182. The molecule has 2 heterocycles. The van der Waals surface area contributed by atoms with E-state index in [4.69, 9.17) is 0 Å². The summed E-state index contributed by atoms with van der Waals surface area (Å²) in [4.78, 5) is 37.3. The standard InChI is InChI=1S/C21H20N4O3S/c1-13-6-4-8-15-18(13)23-17(24-19(15)27)12-29-21-22-16-9-3-2-7-14(16)20(28)25(21)10-5-11-26/h2-4,6-9,26H,5,10-12H2,1H3,(H,23,24,27). The molecule has 148 valence electrons. The zero-order valence-electron chi connectivity index (χ0n) is 15.9. The van der Waals surface area contributed by atoms with Gasteiger partial charge in [-0.2, -0.15) is 0 Å². The van der Waals surface area contributed by atoms with Crippen molar-refractivity contribution in [2.75, 3.05) is 6.61 Å². The number of aryl methyl sites for hydroxylation is 1. The van der Waals surface area contributed by atoms with E-state index >= 15 is 0 Å². The molecule has 2 aromatic carbocycles. The third-order valence-corrected chi connectivity index (χ3v) is 5.68. The van der Waals surface area contributed by atoms with Crippen molar-refractivity contribution in [2.24, 2.45) is 0 Å². The van der Waals surface area contributed by atoms with Gasteiger partial charge in [0.25, 0.3) is 11.1 Å². The molecule has 4 aromatic rings. The Kier molecular flexibility index (Phi) is 5.46. The van der Waals surface area contributed by atoms with Gasteiger partial charge >= 0.3 is 0 Å². The van der Waals surface area contributed by atoms with Crippen LogP contribution in [0.3, 0.4) is 0 Å². The number of H-pyrrole nitrogens is 1. The number of thioether (sulfide) groups is 1. The predicted molar refractivity (Wildman–Crippen MR) is 114 cm³/mol. The first-order valence-corrected chi connectivity index (χ1v) is 10.3. The van der Waals surface area contributed by atoms with Gasteiger partial charge in [0.05, 0.1) is 27.6 Å². The average molecular weight is 408 g/mol. The molecule has 0 amide bonds. The Morgan fingerprint density at radius 1 is 1.07 bits per heavy atom. The van der Waals surface area contributed by atoms with E-state index < -0.39 is 0 Å². The van der Waals surface area contributed by atoms with Gasteiger partial charge in [0.1, 0.15) is 5.82 Å². The highest BCUT2D eigenvalue weighted by molar-refractivity contribution is 7.98. The number of hydrogen-bond acceptors (Lipinski definition) is 6. The topological polar surface area (TPSA) is 101 Å². The van der Waals surface area contributed by atoms with Crippen molar-refractivity contribution in [3.05, 3.63) is 74.6 Å². The van der Waals surface area contributed by atoms with Crippen LogP contribution in [0, 0.1) is 6.92 Å². The van der Waals surface area contributed by atoms with Crippen LogP contribution in [0.25, 0.3) is 21.8 Å². The van der Waals surface area contributed by atoms with Crippen molar-refractivity contribution in [3.8, 4) is 0 Å². The molecule has 0 saturated carbocycles. The fraction of sp³-hybridized carbons (Fsp3) is 0.238. The summed E-state index contributed by atoms with van der Waals surface area (Å²) >= 11 is 1.34. The molecule has 0 atom stereocenters. The summed E-state index contributed by atoms with van der Waals surface area (Å²) in [5.74, 6) is 0.890. The second kappa shape index (κ2) is 8.18. The number of aromatic amines is 1. The lowest BCUT2D eigenvalue weighted by Gasteiger charge is -2.12.